The highest BCUT2D eigenvalue weighted by atomic mass is 16.3. The minimum Gasteiger partial charge on any atom is -0.508 e. The Labute approximate surface area is 129 Å². The lowest BCUT2D eigenvalue weighted by molar-refractivity contribution is 0.137. The van der Waals surface area contributed by atoms with Crippen LogP contribution in [-0.4, -0.2) is 26.5 Å². The Kier molecular flexibility index (Phi) is 3.74. The molecule has 1 aromatic carbocycles. The topological polar surface area (TPSA) is 69.2 Å². The van der Waals surface area contributed by atoms with Gasteiger partial charge in [0.1, 0.15) is 11.6 Å². The number of benzene rings is 1. The molecule has 1 fully saturated rings. The number of phenols is 1. The Balaban J connectivity index is 1.90. The molecule has 2 aromatic rings. The monoisotopic (exact) mass is 299 g/mol. The summed E-state index contributed by atoms with van der Waals surface area (Å²) in [5, 5.41) is 9.40. The van der Waals surface area contributed by atoms with Crippen molar-refractivity contribution in [2.45, 2.75) is 38.8 Å². The van der Waals surface area contributed by atoms with Gasteiger partial charge in [-0.3, -0.25) is 9.69 Å². The van der Waals surface area contributed by atoms with Gasteiger partial charge in [0.2, 0.25) is 0 Å². The van der Waals surface area contributed by atoms with Crippen LogP contribution < -0.4 is 5.56 Å². The third-order valence-electron chi connectivity index (χ3n) is 4.48. The summed E-state index contributed by atoms with van der Waals surface area (Å²) in [4.78, 5) is 21.6. The van der Waals surface area contributed by atoms with Gasteiger partial charge in [-0.05, 0) is 50.9 Å². The van der Waals surface area contributed by atoms with E-state index in [4.69, 9.17) is 0 Å². The van der Waals surface area contributed by atoms with Crippen LogP contribution in [0.4, 0.5) is 0 Å². The zero-order chi connectivity index (χ0) is 15.7. The van der Waals surface area contributed by atoms with E-state index in [0.717, 1.165) is 43.0 Å². The second-order valence-electron chi connectivity index (χ2n) is 6.20. The molecule has 116 valence electrons. The molecule has 1 saturated heterocycles. The van der Waals surface area contributed by atoms with Crippen LogP contribution in [0.1, 0.15) is 36.8 Å². The van der Waals surface area contributed by atoms with E-state index < -0.39 is 0 Å². The van der Waals surface area contributed by atoms with Crippen molar-refractivity contribution in [1.29, 1.82) is 0 Å². The van der Waals surface area contributed by atoms with Gasteiger partial charge in [0.15, 0.2) is 0 Å². The first-order chi connectivity index (χ1) is 10.5. The number of nitrogens with zero attached hydrogens (tertiary/aromatic N) is 2. The van der Waals surface area contributed by atoms with E-state index in [0.29, 0.717) is 0 Å². The molecule has 1 aliphatic rings. The SMILES string of the molecule is Cc1cc(=O)[nH]c([C@]2(C)CCCN2Cc2ccc(O)cc2)n1. The predicted octanol–water partition coefficient (Wildman–Crippen LogP) is 2.30. The highest BCUT2D eigenvalue weighted by Gasteiger charge is 2.40. The smallest absolute Gasteiger partial charge is 0.251 e. The Morgan fingerprint density at radius 1 is 1.36 bits per heavy atom. The van der Waals surface area contributed by atoms with Crippen molar-refractivity contribution in [2.24, 2.45) is 0 Å². The van der Waals surface area contributed by atoms with Crippen LogP contribution in [0, 0.1) is 6.92 Å². The van der Waals surface area contributed by atoms with Crippen molar-refractivity contribution in [3.63, 3.8) is 0 Å². The second kappa shape index (κ2) is 5.57. The molecule has 2 heterocycles. The number of H-pyrrole nitrogens is 1. The number of rotatable bonds is 3. The number of aromatic nitrogens is 2. The quantitative estimate of drug-likeness (QED) is 0.912. The predicted molar refractivity (Wildman–Crippen MR) is 84.7 cm³/mol. The number of likely N-dealkylation sites (tertiary alicyclic amines) is 1. The summed E-state index contributed by atoms with van der Waals surface area (Å²) >= 11 is 0. The molecule has 0 amide bonds. The maximum Gasteiger partial charge on any atom is 0.251 e. The third-order valence-corrected chi connectivity index (χ3v) is 4.48. The summed E-state index contributed by atoms with van der Waals surface area (Å²) in [6, 6.07) is 8.79. The van der Waals surface area contributed by atoms with Gasteiger partial charge in [-0.2, -0.15) is 0 Å². The lowest BCUT2D eigenvalue weighted by atomic mass is 9.97. The zero-order valence-electron chi connectivity index (χ0n) is 13.0. The molecule has 0 spiro atoms. The van der Waals surface area contributed by atoms with E-state index in [9.17, 15) is 9.90 Å². The summed E-state index contributed by atoms with van der Waals surface area (Å²) in [5.41, 5.74) is 1.53. The minimum atomic E-state index is -0.261. The van der Waals surface area contributed by atoms with Crippen molar-refractivity contribution < 1.29 is 5.11 Å². The first-order valence-electron chi connectivity index (χ1n) is 7.59. The molecule has 1 atom stereocenters. The van der Waals surface area contributed by atoms with Gasteiger partial charge < -0.3 is 10.1 Å². The average molecular weight is 299 g/mol. The van der Waals surface area contributed by atoms with Crippen molar-refractivity contribution in [3.8, 4) is 5.75 Å². The molecule has 1 aliphatic heterocycles. The molecule has 0 saturated carbocycles. The molecule has 22 heavy (non-hydrogen) atoms. The molecule has 5 heteroatoms. The zero-order valence-corrected chi connectivity index (χ0v) is 13.0. The first-order valence-corrected chi connectivity index (χ1v) is 7.59. The summed E-state index contributed by atoms with van der Waals surface area (Å²) in [5.74, 6) is 1.02. The molecule has 3 rings (SSSR count). The van der Waals surface area contributed by atoms with E-state index in [-0.39, 0.29) is 16.8 Å². The van der Waals surface area contributed by atoms with E-state index in [2.05, 4.69) is 21.8 Å². The van der Waals surface area contributed by atoms with Crippen LogP contribution in [0.2, 0.25) is 0 Å². The molecule has 2 N–H and O–H groups in total. The van der Waals surface area contributed by atoms with Gasteiger partial charge in [-0.25, -0.2) is 4.98 Å². The van der Waals surface area contributed by atoms with E-state index in [1.807, 2.05) is 19.1 Å². The molecular weight excluding hydrogens is 278 g/mol. The van der Waals surface area contributed by atoms with Crippen molar-refractivity contribution in [2.75, 3.05) is 6.54 Å². The summed E-state index contributed by atoms with van der Waals surface area (Å²) < 4.78 is 0. The minimum absolute atomic E-state index is 0.0970. The van der Waals surface area contributed by atoms with Crippen molar-refractivity contribution in [3.05, 3.63) is 57.8 Å². The van der Waals surface area contributed by atoms with Gasteiger partial charge in [0.25, 0.3) is 5.56 Å². The number of aromatic amines is 1. The van der Waals surface area contributed by atoms with Crippen LogP contribution in [0.15, 0.2) is 35.1 Å². The van der Waals surface area contributed by atoms with E-state index >= 15 is 0 Å². The third kappa shape index (κ3) is 2.76. The highest BCUT2D eigenvalue weighted by molar-refractivity contribution is 5.26. The average Bonchev–Trinajstić information content (AvgIpc) is 2.83. The number of nitrogens with one attached hydrogen (secondary N) is 1. The Bertz CT molecular complexity index is 723. The summed E-state index contributed by atoms with van der Waals surface area (Å²) in [6.07, 6.45) is 2.05. The van der Waals surface area contributed by atoms with Crippen LogP contribution in [0.3, 0.4) is 0 Å². The van der Waals surface area contributed by atoms with Crippen molar-refractivity contribution in [1.82, 2.24) is 14.9 Å². The van der Waals surface area contributed by atoms with Crippen LogP contribution >= 0.6 is 0 Å². The number of hydrogen-bond donors (Lipinski definition) is 2. The lowest BCUT2D eigenvalue weighted by Crippen LogP contribution is -2.40. The van der Waals surface area contributed by atoms with Gasteiger partial charge in [-0.1, -0.05) is 12.1 Å². The second-order valence-corrected chi connectivity index (χ2v) is 6.20. The number of phenolic OH excluding ortho intramolecular Hbond substituents is 1. The van der Waals surface area contributed by atoms with Gasteiger partial charge in [0.05, 0.1) is 5.54 Å². The first kappa shape index (κ1) is 14.8. The fraction of sp³-hybridized carbons (Fsp3) is 0.412. The Hall–Kier alpha value is -2.14. The molecule has 0 bridgehead atoms. The Morgan fingerprint density at radius 3 is 2.77 bits per heavy atom. The normalized spacial score (nSPS) is 22.1. The molecule has 0 unspecified atom stereocenters. The Morgan fingerprint density at radius 2 is 2.09 bits per heavy atom. The van der Waals surface area contributed by atoms with Crippen LogP contribution in [-0.2, 0) is 12.1 Å². The maximum absolute atomic E-state index is 11.8. The van der Waals surface area contributed by atoms with Crippen LogP contribution in [0.25, 0.3) is 0 Å². The fourth-order valence-corrected chi connectivity index (χ4v) is 3.20. The maximum atomic E-state index is 11.8. The van der Waals surface area contributed by atoms with Crippen molar-refractivity contribution >= 4 is 0 Å². The fourth-order valence-electron chi connectivity index (χ4n) is 3.20. The number of aromatic hydroxyl groups is 1. The number of aryl methyl sites for hydroxylation is 1. The van der Waals surface area contributed by atoms with Crippen LogP contribution in [0.5, 0.6) is 5.75 Å². The largest absolute Gasteiger partial charge is 0.508 e. The molecule has 1 aromatic heterocycles. The van der Waals surface area contributed by atoms with Gasteiger partial charge in [0, 0.05) is 18.3 Å². The summed E-state index contributed by atoms with van der Waals surface area (Å²) in [7, 11) is 0. The van der Waals surface area contributed by atoms with E-state index in [1.165, 1.54) is 6.07 Å². The molecule has 0 radical (unpaired) electrons. The lowest BCUT2D eigenvalue weighted by Gasteiger charge is -2.34. The van der Waals surface area contributed by atoms with Gasteiger partial charge in [-0.15, -0.1) is 0 Å². The summed E-state index contributed by atoms with van der Waals surface area (Å²) in [6.45, 7) is 5.73. The van der Waals surface area contributed by atoms with E-state index in [1.54, 1.807) is 12.1 Å². The molecule has 5 nitrogen and oxygen atoms in total. The van der Waals surface area contributed by atoms with Gasteiger partial charge >= 0.3 is 0 Å². The molecular formula is C17H21N3O2. The standard InChI is InChI=1S/C17H21N3O2/c1-12-10-15(22)19-16(18-12)17(2)8-3-9-20(17)11-13-4-6-14(21)7-5-13/h4-7,10,21H,3,8-9,11H2,1-2H3,(H,18,19,22)/t17-/m0/s1. The highest BCUT2D eigenvalue weighted by Crippen LogP contribution is 2.37. The molecule has 0 aliphatic carbocycles. The number of hydrogen-bond acceptors (Lipinski definition) is 4.